The van der Waals surface area contributed by atoms with Gasteiger partial charge in [-0.15, -0.1) is 10.2 Å². The molecule has 2 saturated heterocycles. The second kappa shape index (κ2) is 5.72. The Balaban J connectivity index is 1.37. The topological polar surface area (TPSA) is 61.8 Å². The minimum absolute atomic E-state index is 0.753. The number of hydrogen-bond donors (Lipinski definition) is 2. The van der Waals surface area contributed by atoms with Crippen LogP contribution in [0.15, 0.2) is 37.1 Å². The van der Waals surface area contributed by atoms with Gasteiger partial charge in [0.15, 0.2) is 0 Å². The number of rotatable bonds is 4. The van der Waals surface area contributed by atoms with Crippen LogP contribution < -0.4 is 5.32 Å². The molecule has 1 aromatic carbocycles. The maximum Gasteiger partial charge on any atom is 0.123 e. The van der Waals surface area contributed by atoms with E-state index >= 15 is 0 Å². The molecule has 0 bridgehead atoms. The van der Waals surface area contributed by atoms with E-state index in [1.807, 2.05) is 4.57 Å². The molecule has 24 heavy (non-hydrogen) atoms. The van der Waals surface area contributed by atoms with Crippen LogP contribution in [0.4, 0.5) is 0 Å². The molecule has 5 rings (SSSR count). The van der Waals surface area contributed by atoms with Gasteiger partial charge in [0, 0.05) is 41.9 Å². The van der Waals surface area contributed by atoms with Crippen LogP contribution in [0, 0.1) is 5.92 Å². The number of aromatic nitrogens is 4. The molecule has 0 spiro atoms. The number of nitrogens with one attached hydrogen (secondary N) is 2. The van der Waals surface area contributed by atoms with Gasteiger partial charge in [-0.2, -0.15) is 0 Å². The number of likely N-dealkylation sites (tertiary alicyclic amines) is 1. The lowest BCUT2D eigenvalue weighted by molar-refractivity contribution is 0.256. The molecule has 2 N–H and O–H groups in total. The summed E-state index contributed by atoms with van der Waals surface area (Å²) in [5.74, 6) is 0.869. The second-order valence-corrected chi connectivity index (χ2v) is 6.97. The Labute approximate surface area is 140 Å². The van der Waals surface area contributed by atoms with Crippen molar-refractivity contribution < 1.29 is 0 Å². The van der Waals surface area contributed by atoms with Crippen molar-refractivity contribution in [1.82, 2.24) is 30.0 Å². The summed E-state index contributed by atoms with van der Waals surface area (Å²) in [5.41, 5.74) is 3.70. The molecule has 4 heterocycles. The van der Waals surface area contributed by atoms with Gasteiger partial charge in [-0.3, -0.25) is 9.47 Å². The van der Waals surface area contributed by atoms with Crippen molar-refractivity contribution in [1.29, 1.82) is 0 Å². The summed E-state index contributed by atoms with van der Waals surface area (Å²) in [4.78, 5) is 6.08. The molecule has 2 aliphatic rings. The van der Waals surface area contributed by atoms with Crippen molar-refractivity contribution in [2.24, 2.45) is 5.92 Å². The molecule has 0 aliphatic carbocycles. The Morgan fingerprint density at radius 3 is 3.00 bits per heavy atom. The highest BCUT2D eigenvalue weighted by Gasteiger charge is 2.36. The van der Waals surface area contributed by atoms with Crippen molar-refractivity contribution in [3.63, 3.8) is 0 Å². The molecular weight excluding hydrogens is 300 g/mol. The fourth-order valence-electron chi connectivity index (χ4n) is 4.35. The van der Waals surface area contributed by atoms with Gasteiger partial charge in [0.1, 0.15) is 12.7 Å². The second-order valence-electron chi connectivity index (χ2n) is 6.97. The SMILES string of the molecule is c1cc2[nH]cc(CCN3CC[C@H]4CNC[C@H]43)c2cc1-n1cnnc1. The fourth-order valence-corrected chi connectivity index (χ4v) is 4.35. The lowest BCUT2D eigenvalue weighted by Gasteiger charge is -2.22. The molecule has 0 saturated carbocycles. The predicted octanol–water partition coefficient (Wildman–Crippen LogP) is 1.58. The lowest BCUT2D eigenvalue weighted by Crippen LogP contribution is -2.35. The van der Waals surface area contributed by atoms with E-state index in [-0.39, 0.29) is 0 Å². The van der Waals surface area contributed by atoms with E-state index in [0.29, 0.717) is 0 Å². The standard InChI is InChI=1S/C18H22N6/c1-2-17-16(7-15(1)24-11-21-22-12-24)13(9-20-17)3-5-23-6-4-14-8-19-10-18(14)23/h1-2,7,9,11-12,14,18-20H,3-6,8,10H2/t14-,18+/m0/s1. The molecule has 0 amide bonds. The summed E-state index contributed by atoms with van der Waals surface area (Å²) in [6, 6.07) is 7.22. The molecule has 0 radical (unpaired) electrons. The first kappa shape index (κ1) is 14.2. The van der Waals surface area contributed by atoms with Gasteiger partial charge < -0.3 is 10.3 Å². The zero-order chi connectivity index (χ0) is 15.9. The predicted molar refractivity (Wildman–Crippen MR) is 93.3 cm³/mol. The fraction of sp³-hybridized carbons (Fsp3) is 0.444. The van der Waals surface area contributed by atoms with Gasteiger partial charge in [-0.1, -0.05) is 0 Å². The van der Waals surface area contributed by atoms with Crippen LogP contribution in [0.5, 0.6) is 0 Å². The summed E-state index contributed by atoms with van der Waals surface area (Å²) in [7, 11) is 0. The average molecular weight is 322 g/mol. The van der Waals surface area contributed by atoms with E-state index < -0.39 is 0 Å². The minimum atomic E-state index is 0.753. The highest BCUT2D eigenvalue weighted by atomic mass is 15.2. The summed E-state index contributed by atoms with van der Waals surface area (Å²) < 4.78 is 1.95. The average Bonchev–Trinajstić information content (AvgIpc) is 3.36. The zero-order valence-electron chi connectivity index (χ0n) is 13.7. The number of benzene rings is 1. The molecular formula is C18H22N6. The van der Waals surface area contributed by atoms with Crippen molar-refractivity contribution in [2.45, 2.75) is 18.9 Å². The highest BCUT2D eigenvalue weighted by Crippen LogP contribution is 2.28. The van der Waals surface area contributed by atoms with Crippen molar-refractivity contribution >= 4 is 10.9 Å². The summed E-state index contributed by atoms with van der Waals surface area (Å²) in [6.07, 6.45) is 8.09. The van der Waals surface area contributed by atoms with Crippen LogP contribution in [0.25, 0.3) is 16.6 Å². The lowest BCUT2D eigenvalue weighted by atomic mass is 10.0. The van der Waals surface area contributed by atoms with Crippen molar-refractivity contribution in [2.75, 3.05) is 26.2 Å². The highest BCUT2D eigenvalue weighted by molar-refractivity contribution is 5.85. The van der Waals surface area contributed by atoms with Crippen LogP contribution in [-0.4, -0.2) is 56.9 Å². The van der Waals surface area contributed by atoms with Gasteiger partial charge in [0.2, 0.25) is 0 Å². The quantitative estimate of drug-likeness (QED) is 0.766. The molecule has 2 fully saturated rings. The third-order valence-electron chi connectivity index (χ3n) is 5.70. The smallest absolute Gasteiger partial charge is 0.123 e. The normalized spacial score (nSPS) is 24.0. The Morgan fingerprint density at radius 1 is 1.17 bits per heavy atom. The van der Waals surface area contributed by atoms with Gasteiger partial charge in [-0.05, 0) is 55.6 Å². The molecule has 6 nitrogen and oxygen atoms in total. The summed E-state index contributed by atoms with van der Waals surface area (Å²) in [6.45, 7) is 4.77. The summed E-state index contributed by atoms with van der Waals surface area (Å²) >= 11 is 0. The van der Waals surface area contributed by atoms with E-state index in [2.05, 4.69) is 49.8 Å². The molecule has 6 heteroatoms. The number of hydrogen-bond acceptors (Lipinski definition) is 4. The minimum Gasteiger partial charge on any atom is -0.361 e. The van der Waals surface area contributed by atoms with Crippen LogP contribution in [0.1, 0.15) is 12.0 Å². The molecule has 2 aliphatic heterocycles. The van der Waals surface area contributed by atoms with E-state index in [0.717, 1.165) is 37.2 Å². The van der Waals surface area contributed by atoms with Gasteiger partial charge in [0.05, 0.1) is 0 Å². The largest absolute Gasteiger partial charge is 0.361 e. The van der Waals surface area contributed by atoms with E-state index in [4.69, 9.17) is 0 Å². The van der Waals surface area contributed by atoms with Gasteiger partial charge in [0.25, 0.3) is 0 Å². The third kappa shape index (κ3) is 2.34. The van der Waals surface area contributed by atoms with Crippen LogP contribution in [0.2, 0.25) is 0 Å². The Morgan fingerprint density at radius 2 is 2.08 bits per heavy atom. The van der Waals surface area contributed by atoms with Crippen LogP contribution in [0.3, 0.4) is 0 Å². The van der Waals surface area contributed by atoms with Crippen LogP contribution >= 0.6 is 0 Å². The maximum atomic E-state index is 3.90. The zero-order valence-corrected chi connectivity index (χ0v) is 13.7. The molecule has 2 aromatic heterocycles. The Kier molecular flexibility index (Phi) is 3.38. The molecule has 2 atom stereocenters. The molecule has 0 unspecified atom stereocenters. The number of nitrogens with zero attached hydrogens (tertiary/aromatic N) is 4. The van der Waals surface area contributed by atoms with Gasteiger partial charge >= 0.3 is 0 Å². The van der Waals surface area contributed by atoms with Crippen molar-refractivity contribution in [3.05, 3.63) is 42.6 Å². The van der Waals surface area contributed by atoms with Gasteiger partial charge in [-0.25, -0.2) is 0 Å². The first-order valence-electron chi connectivity index (χ1n) is 8.78. The number of aromatic amines is 1. The number of fused-ring (bicyclic) bond motifs is 2. The van der Waals surface area contributed by atoms with E-state index in [9.17, 15) is 0 Å². The monoisotopic (exact) mass is 322 g/mol. The Bertz CT molecular complexity index is 836. The van der Waals surface area contributed by atoms with Crippen molar-refractivity contribution in [3.8, 4) is 5.69 Å². The first-order chi connectivity index (χ1) is 11.9. The third-order valence-corrected chi connectivity index (χ3v) is 5.70. The maximum absolute atomic E-state index is 3.90. The van der Waals surface area contributed by atoms with Crippen LogP contribution in [-0.2, 0) is 6.42 Å². The first-order valence-corrected chi connectivity index (χ1v) is 8.78. The Hall–Kier alpha value is -2.18. The molecule has 3 aromatic rings. The number of H-pyrrole nitrogens is 1. The van der Waals surface area contributed by atoms with E-state index in [1.54, 1.807) is 12.7 Å². The summed E-state index contributed by atoms with van der Waals surface area (Å²) in [5, 5.41) is 12.6. The van der Waals surface area contributed by atoms with E-state index in [1.165, 1.54) is 36.0 Å². The molecule has 124 valence electrons.